The number of rotatable bonds is 3. The van der Waals surface area contributed by atoms with Gasteiger partial charge in [0.2, 0.25) is 5.91 Å². The van der Waals surface area contributed by atoms with Crippen LogP contribution >= 0.6 is 0 Å². The van der Waals surface area contributed by atoms with Crippen LogP contribution in [-0.2, 0) is 24.3 Å². The summed E-state index contributed by atoms with van der Waals surface area (Å²) in [7, 11) is 0. The van der Waals surface area contributed by atoms with Crippen LogP contribution in [0.1, 0.15) is 38.6 Å². The lowest BCUT2D eigenvalue weighted by Gasteiger charge is -2.21. The number of carbonyl (C=O) groups excluding carboxylic acids is 1. The molecule has 0 radical (unpaired) electrons. The van der Waals surface area contributed by atoms with E-state index in [4.69, 9.17) is 0 Å². The molecular formula is C13H22N4O. The zero-order chi connectivity index (χ0) is 13.2. The molecule has 2 N–H and O–H groups in total. The lowest BCUT2D eigenvalue weighted by Crippen LogP contribution is -2.40. The summed E-state index contributed by atoms with van der Waals surface area (Å²) in [5.74, 6) is 0.0962. The number of amides is 1. The van der Waals surface area contributed by atoms with E-state index in [0.29, 0.717) is 13.0 Å². The summed E-state index contributed by atoms with van der Waals surface area (Å²) in [6, 6.07) is 0. The summed E-state index contributed by atoms with van der Waals surface area (Å²) in [5.41, 5.74) is 2.24. The molecule has 0 saturated carbocycles. The third-order valence-electron chi connectivity index (χ3n) is 2.96. The summed E-state index contributed by atoms with van der Waals surface area (Å²) in [6.45, 7) is 8.54. The quantitative estimate of drug-likeness (QED) is 0.835. The summed E-state index contributed by atoms with van der Waals surface area (Å²) in [4.78, 5) is 16.1. The molecule has 1 aliphatic rings. The molecule has 5 nitrogen and oxygen atoms in total. The van der Waals surface area contributed by atoms with Crippen molar-refractivity contribution in [3.63, 3.8) is 0 Å². The first-order chi connectivity index (χ1) is 8.46. The molecule has 0 atom stereocenters. The Bertz CT molecular complexity index is 431. The van der Waals surface area contributed by atoms with Crippen molar-refractivity contribution in [3.8, 4) is 0 Å². The molecule has 2 heterocycles. The van der Waals surface area contributed by atoms with Gasteiger partial charge in [-0.1, -0.05) is 0 Å². The Morgan fingerprint density at radius 1 is 1.56 bits per heavy atom. The molecule has 100 valence electrons. The first-order valence-corrected chi connectivity index (χ1v) is 6.50. The third-order valence-corrected chi connectivity index (χ3v) is 2.96. The Balaban J connectivity index is 1.91. The summed E-state index contributed by atoms with van der Waals surface area (Å²) < 4.78 is 2.11. The second-order valence-electron chi connectivity index (χ2n) is 5.81. The molecule has 0 unspecified atom stereocenters. The lowest BCUT2D eigenvalue weighted by molar-refractivity contribution is -0.122. The van der Waals surface area contributed by atoms with Gasteiger partial charge in [-0.05, 0) is 20.8 Å². The molecular weight excluding hydrogens is 228 g/mol. The van der Waals surface area contributed by atoms with Crippen molar-refractivity contribution in [3.05, 3.63) is 17.7 Å². The van der Waals surface area contributed by atoms with E-state index in [1.165, 1.54) is 5.69 Å². The fourth-order valence-corrected chi connectivity index (χ4v) is 2.19. The zero-order valence-electron chi connectivity index (χ0n) is 11.4. The predicted octanol–water partition coefficient (Wildman–Crippen LogP) is 0.834. The molecule has 1 aromatic heterocycles. The van der Waals surface area contributed by atoms with Crippen LogP contribution < -0.4 is 10.6 Å². The van der Waals surface area contributed by atoms with Gasteiger partial charge in [-0.3, -0.25) is 4.79 Å². The van der Waals surface area contributed by atoms with Gasteiger partial charge in [-0.15, -0.1) is 0 Å². The summed E-state index contributed by atoms with van der Waals surface area (Å²) >= 11 is 0. The highest BCUT2D eigenvalue weighted by atomic mass is 16.1. The Labute approximate surface area is 108 Å². The topological polar surface area (TPSA) is 59.0 Å². The first-order valence-electron chi connectivity index (χ1n) is 6.50. The first kappa shape index (κ1) is 13.1. The van der Waals surface area contributed by atoms with Gasteiger partial charge >= 0.3 is 0 Å². The number of hydrogen-bond acceptors (Lipinski definition) is 3. The maximum absolute atomic E-state index is 11.8. The fraction of sp³-hybridized carbons (Fsp3) is 0.692. The molecule has 2 rings (SSSR count). The smallest absolute Gasteiger partial charge is 0.222 e. The Hall–Kier alpha value is -1.36. The Kier molecular flexibility index (Phi) is 3.71. The molecule has 0 saturated heterocycles. The Morgan fingerprint density at radius 3 is 3.06 bits per heavy atom. The average molecular weight is 250 g/mol. The monoisotopic (exact) mass is 250 g/mol. The van der Waals surface area contributed by atoms with E-state index in [2.05, 4.69) is 20.2 Å². The maximum Gasteiger partial charge on any atom is 0.222 e. The van der Waals surface area contributed by atoms with Crippen LogP contribution in [0.4, 0.5) is 0 Å². The number of aryl methyl sites for hydroxylation is 1. The number of nitrogens with one attached hydrogen (secondary N) is 2. The summed E-state index contributed by atoms with van der Waals surface area (Å²) in [6.07, 6.45) is 3.35. The van der Waals surface area contributed by atoms with Gasteiger partial charge < -0.3 is 15.2 Å². The van der Waals surface area contributed by atoms with Crippen LogP contribution in [0.3, 0.4) is 0 Å². The predicted molar refractivity (Wildman–Crippen MR) is 70.2 cm³/mol. The number of imidazole rings is 1. The van der Waals surface area contributed by atoms with Crippen molar-refractivity contribution in [1.82, 2.24) is 20.2 Å². The van der Waals surface area contributed by atoms with Crippen molar-refractivity contribution in [2.45, 2.75) is 52.2 Å². The molecule has 0 aliphatic carbocycles. The number of hydrogen-bond donors (Lipinski definition) is 2. The number of aromatic nitrogens is 2. The number of fused-ring (bicyclic) bond motifs is 1. The van der Waals surface area contributed by atoms with Gasteiger partial charge in [-0.25, -0.2) is 4.98 Å². The third kappa shape index (κ3) is 3.32. The van der Waals surface area contributed by atoms with Crippen molar-refractivity contribution < 1.29 is 4.79 Å². The molecule has 0 fully saturated rings. The SMILES string of the molecule is CC(C)(C)NC(=O)CCn1cnc2c1CCNC2. The van der Waals surface area contributed by atoms with E-state index in [-0.39, 0.29) is 11.4 Å². The standard InChI is InChI=1S/C13H22N4O/c1-13(2,3)16-12(18)5-7-17-9-15-10-8-14-6-4-11(10)17/h9,14H,4-8H2,1-3H3,(H,16,18). The van der Waals surface area contributed by atoms with Gasteiger partial charge in [0.05, 0.1) is 12.0 Å². The molecule has 0 spiro atoms. The van der Waals surface area contributed by atoms with Crippen molar-refractivity contribution in [2.75, 3.05) is 6.54 Å². The minimum atomic E-state index is -0.157. The number of carbonyl (C=O) groups is 1. The van der Waals surface area contributed by atoms with Crippen LogP contribution in [-0.4, -0.2) is 27.5 Å². The van der Waals surface area contributed by atoms with E-state index >= 15 is 0 Å². The van der Waals surface area contributed by atoms with E-state index < -0.39 is 0 Å². The molecule has 1 aliphatic heterocycles. The highest BCUT2D eigenvalue weighted by molar-refractivity contribution is 5.76. The van der Waals surface area contributed by atoms with Crippen LogP contribution in [0.15, 0.2) is 6.33 Å². The van der Waals surface area contributed by atoms with Gasteiger partial charge in [0.1, 0.15) is 0 Å². The normalized spacial score (nSPS) is 15.3. The molecule has 1 amide bonds. The lowest BCUT2D eigenvalue weighted by atomic mass is 10.1. The second kappa shape index (κ2) is 5.10. The van der Waals surface area contributed by atoms with E-state index in [0.717, 1.165) is 25.2 Å². The van der Waals surface area contributed by atoms with Crippen LogP contribution in [0.25, 0.3) is 0 Å². The van der Waals surface area contributed by atoms with Crippen LogP contribution in [0, 0.1) is 0 Å². The fourth-order valence-electron chi connectivity index (χ4n) is 2.19. The molecule has 0 aromatic carbocycles. The minimum absolute atomic E-state index is 0.0962. The Morgan fingerprint density at radius 2 is 2.33 bits per heavy atom. The zero-order valence-corrected chi connectivity index (χ0v) is 11.4. The van der Waals surface area contributed by atoms with Gasteiger partial charge in [0.15, 0.2) is 0 Å². The van der Waals surface area contributed by atoms with Crippen LogP contribution in [0.2, 0.25) is 0 Å². The van der Waals surface area contributed by atoms with Crippen molar-refractivity contribution >= 4 is 5.91 Å². The minimum Gasteiger partial charge on any atom is -0.351 e. The van der Waals surface area contributed by atoms with E-state index in [9.17, 15) is 4.79 Å². The second-order valence-corrected chi connectivity index (χ2v) is 5.81. The highest BCUT2D eigenvalue weighted by Crippen LogP contribution is 2.12. The maximum atomic E-state index is 11.8. The number of nitrogens with zero attached hydrogens (tertiary/aromatic N) is 2. The summed E-state index contributed by atoms with van der Waals surface area (Å²) in [5, 5.41) is 6.27. The van der Waals surface area contributed by atoms with Gasteiger partial charge in [0, 0.05) is 43.7 Å². The van der Waals surface area contributed by atoms with Crippen molar-refractivity contribution in [2.24, 2.45) is 0 Å². The van der Waals surface area contributed by atoms with E-state index in [1.54, 1.807) is 0 Å². The molecule has 5 heteroatoms. The highest BCUT2D eigenvalue weighted by Gasteiger charge is 2.17. The molecule has 18 heavy (non-hydrogen) atoms. The molecule has 1 aromatic rings. The molecule has 0 bridgehead atoms. The van der Waals surface area contributed by atoms with Crippen molar-refractivity contribution in [1.29, 1.82) is 0 Å². The van der Waals surface area contributed by atoms with Gasteiger partial charge in [-0.2, -0.15) is 0 Å². The average Bonchev–Trinajstić information content (AvgIpc) is 2.67. The van der Waals surface area contributed by atoms with Crippen LogP contribution in [0.5, 0.6) is 0 Å². The largest absolute Gasteiger partial charge is 0.351 e. The van der Waals surface area contributed by atoms with Gasteiger partial charge in [0.25, 0.3) is 0 Å². The van der Waals surface area contributed by atoms with E-state index in [1.807, 2.05) is 27.1 Å².